The number of aromatic hydroxyl groups is 1. The topological polar surface area (TPSA) is 91.0 Å². The van der Waals surface area contributed by atoms with Crippen molar-refractivity contribution in [3.8, 4) is 28.2 Å². The predicted octanol–water partition coefficient (Wildman–Crippen LogP) is 6.04. The number of phenols is 1. The fraction of sp³-hybridized carbons (Fsp3) is 0.0714. The van der Waals surface area contributed by atoms with Gasteiger partial charge in [-0.2, -0.15) is 0 Å². The van der Waals surface area contributed by atoms with Crippen molar-refractivity contribution in [2.75, 3.05) is 11.9 Å². The molecule has 1 aliphatic carbocycles. The van der Waals surface area contributed by atoms with Crippen LogP contribution in [0.1, 0.15) is 15.9 Å². The standard InChI is InChI=1S/C28H21NO5/c1-16-3-10-21(24(13-16)28(32)33)27-22-11-6-18(29(2)17-4-7-19(30)8-5-17)14-25(22)34-26-15-20(31)9-12-23(26)27/h3-15,30H,1-2H3,(H,32,33). The van der Waals surface area contributed by atoms with Gasteiger partial charge < -0.3 is 19.5 Å². The molecule has 5 rings (SSSR count). The zero-order chi connectivity index (χ0) is 24.0. The number of benzene rings is 4. The largest absolute Gasteiger partial charge is 0.508 e. The number of aryl methyl sites for hydroxylation is 1. The molecule has 1 aliphatic heterocycles. The Morgan fingerprint density at radius 1 is 0.853 bits per heavy atom. The number of anilines is 2. The van der Waals surface area contributed by atoms with Crippen LogP contribution in [0.5, 0.6) is 5.75 Å². The van der Waals surface area contributed by atoms with Gasteiger partial charge in [-0.05, 0) is 67.1 Å². The van der Waals surface area contributed by atoms with Gasteiger partial charge in [0.1, 0.15) is 17.1 Å². The Morgan fingerprint density at radius 2 is 1.56 bits per heavy atom. The highest BCUT2D eigenvalue weighted by molar-refractivity contribution is 6.08. The molecule has 3 aromatic rings. The summed E-state index contributed by atoms with van der Waals surface area (Å²) in [7, 11) is 1.90. The Morgan fingerprint density at radius 3 is 2.29 bits per heavy atom. The van der Waals surface area contributed by atoms with Crippen molar-refractivity contribution in [1.82, 2.24) is 0 Å². The molecule has 2 aliphatic rings. The van der Waals surface area contributed by atoms with E-state index in [1.807, 2.05) is 43.1 Å². The summed E-state index contributed by atoms with van der Waals surface area (Å²) in [5.74, 6) is -0.455. The second-order valence-corrected chi connectivity index (χ2v) is 8.25. The minimum absolute atomic E-state index is 0.183. The maximum atomic E-state index is 12.1. The van der Waals surface area contributed by atoms with Crippen LogP contribution in [0.15, 0.2) is 88.1 Å². The first-order chi connectivity index (χ1) is 16.3. The molecule has 0 saturated carbocycles. The van der Waals surface area contributed by atoms with E-state index < -0.39 is 5.97 Å². The van der Waals surface area contributed by atoms with Crippen LogP contribution in [0.3, 0.4) is 0 Å². The lowest BCUT2D eigenvalue weighted by molar-refractivity contribution is 0.0697. The third-order valence-corrected chi connectivity index (χ3v) is 5.98. The Kier molecular flexibility index (Phi) is 5.06. The van der Waals surface area contributed by atoms with E-state index in [-0.39, 0.29) is 16.7 Å². The van der Waals surface area contributed by atoms with Gasteiger partial charge in [0.25, 0.3) is 0 Å². The van der Waals surface area contributed by atoms with E-state index in [2.05, 4.69) is 0 Å². The fourth-order valence-corrected chi connectivity index (χ4v) is 4.24. The van der Waals surface area contributed by atoms with Crippen LogP contribution in [0, 0.1) is 6.92 Å². The highest BCUT2D eigenvalue weighted by Crippen LogP contribution is 2.42. The number of hydrogen-bond acceptors (Lipinski definition) is 5. The molecule has 0 amide bonds. The molecule has 0 bridgehead atoms. The second-order valence-electron chi connectivity index (χ2n) is 8.25. The lowest BCUT2D eigenvalue weighted by Crippen LogP contribution is -2.09. The summed E-state index contributed by atoms with van der Waals surface area (Å²) in [5, 5.41) is 20.2. The van der Waals surface area contributed by atoms with Crippen molar-refractivity contribution >= 4 is 28.3 Å². The number of rotatable bonds is 4. The second kappa shape index (κ2) is 8.08. The molecular weight excluding hydrogens is 430 g/mol. The zero-order valence-corrected chi connectivity index (χ0v) is 18.6. The number of hydrogen-bond donors (Lipinski definition) is 2. The normalized spacial score (nSPS) is 11.1. The van der Waals surface area contributed by atoms with E-state index in [1.54, 1.807) is 42.5 Å². The zero-order valence-electron chi connectivity index (χ0n) is 18.6. The molecule has 0 unspecified atom stereocenters. The molecule has 0 atom stereocenters. The average Bonchev–Trinajstić information content (AvgIpc) is 2.82. The molecular formula is C28H21NO5. The van der Waals surface area contributed by atoms with Crippen molar-refractivity contribution in [2.24, 2.45) is 0 Å². The number of carboxylic acids is 1. The van der Waals surface area contributed by atoms with Gasteiger partial charge in [-0.3, -0.25) is 4.79 Å². The SMILES string of the molecule is Cc1ccc(-c2c3ccc(=O)cc-3oc3cc(N(C)c4ccc(O)cc4)ccc23)c(C(=O)O)c1. The molecule has 2 N–H and O–H groups in total. The van der Waals surface area contributed by atoms with E-state index >= 15 is 0 Å². The van der Waals surface area contributed by atoms with Crippen LogP contribution in [0.2, 0.25) is 0 Å². The third-order valence-electron chi connectivity index (χ3n) is 5.98. The summed E-state index contributed by atoms with van der Waals surface area (Å²) >= 11 is 0. The summed E-state index contributed by atoms with van der Waals surface area (Å²) < 4.78 is 6.14. The van der Waals surface area contributed by atoms with Crippen molar-refractivity contribution in [3.05, 3.63) is 100 Å². The molecule has 0 radical (unpaired) electrons. The Balaban J connectivity index is 1.79. The van der Waals surface area contributed by atoms with Gasteiger partial charge in [-0.15, -0.1) is 0 Å². The molecule has 34 heavy (non-hydrogen) atoms. The molecule has 0 saturated heterocycles. The van der Waals surface area contributed by atoms with Gasteiger partial charge in [0.2, 0.25) is 0 Å². The maximum absolute atomic E-state index is 12.1. The molecule has 3 aromatic carbocycles. The highest BCUT2D eigenvalue weighted by Gasteiger charge is 2.22. The van der Waals surface area contributed by atoms with Crippen molar-refractivity contribution in [3.63, 3.8) is 0 Å². The molecule has 0 fully saturated rings. The average molecular weight is 451 g/mol. The number of aromatic carboxylic acids is 1. The summed E-state index contributed by atoms with van der Waals surface area (Å²) in [6, 6.07) is 22.4. The van der Waals surface area contributed by atoms with Gasteiger partial charge in [0.15, 0.2) is 5.43 Å². The van der Waals surface area contributed by atoms with Gasteiger partial charge in [0, 0.05) is 47.1 Å². The van der Waals surface area contributed by atoms with Crippen molar-refractivity contribution in [2.45, 2.75) is 6.92 Å². The Bertz CT molecular complexity index is 1580. The quantitative estimate of drug-likeness (QED) is 0.324. The minimum Gasteiger partial charge on any atom is -0.508 e. The first-order valence-electron chi connectivity index (χ1n) is 10.7. The van der Waals surface area contributed by atoms with E-state index in [0.29, 0.717) is 28.0 Å². The first kappa shape index (κ1) is 21.3. The van der Waals surface area contributed by atoms with Crippen LogP contribution in [-0.2, 0) is 0 Å². The van der Waals surface area contributed by atoms with Crippen LogP contribution in [0.4, 0.5) is 11.4 Å². The van der Waals surface area contributed by atoms with E-state index in [0.717, 1.165) is 22.3 Å². The fourth-order valence-electron chi connectivity index (χ4n) is 4.24. The van der Waals surface area contributed by atoms with Crippen LogP contribution in [-0.4, -0.2) is 23.2 Å². The van der Waals surface area contributed by atoms with Crippen molar-refractivity contribution in [1.29, 1.82) is 0 Å². The van der Waals surface area contributed by atoms with E-state index in [1.165, 1.54) is 12.1 Å². The summed E-state index contributed by atoms with van der Waals surface area (Å²) in [4.78, 5) is 26.1. The Labute approximate surface area is 195 Å². The van der Waals surface area contributed by atoms with E-state index in [4.69, 9.17) is 4.42 Å². The Hall–Kier alpha value is -4.58. The molecule has 0 spiro atoms. The van der Waals surface area contributed by atoms with Crippen LogP contribution >= 0.6 is 0 Å². The molecule has 0 aromatic heterocycles. The summed E-state index contributed by atoms with van der Waals surface area (Å²) in [6.07, 6.45) is 0. The molecule has 6 heteroatoms. The lowest BCUT2D eigenvalue weighted by Gasteiger charge is -2.21. The molecule has 168 valence electrons. The third kappa shape index (κ3) is 3.65. The number of carboxylic acid groups (broad SMARTS) is 1. The maximum Gasteiger partial charge on any atom is 0.336 e. The van der Waals surface area contributed by atoms with Crippen LogP contribution in [0.25, 0.3) is 33.4 Å². The minimum atomic E-state index is -1.02. The predicted molar refractivity (Wildman–Crippen MR) is 132 cm³/mol. The summed E-state index contributed by atoms with van der Waals surface area (Å²) in [6.45, 7) is 1.85. The number of nitrogens with zero attached hydrogens (tertiary/aromatic N) is 1. The molecule has 1 heterocycles. The van der Waals surface area contributed by atoms with E-state index in [9.17, 15) is 19.8 Å². The lowest BCUT2D eigenvalue weighted by atomic mass is 9.90. The number of fused-ring (bicyclic) bond motifs is 2. The number of phenolic OH excluding ortho intramolecular Hbond substituents is 1. The molecule has 6 nitrogen and oxygen atoms in total. The van der Waals surface area contributed by atoms with Crippen LogP contribution < -0.4 is 10.3 Å². The smallest absolute Gasteiger partial charge is 0.336 e. The summed E-state index contributed by atoms with van der Waals surface area (Å²) in [5.41, 5.74) is 4.97. The highest BCUT2D eigenvalue weighted by atomic mass is 16.4. The van der Waals surface area contributed by atoms with Crippen molar-refractivity contribution < 1.29 is 19.4 Å². The van der Waals surface area contributed by atoms with Gasteiger partial charge in [0.05, 0.1) is 5.56 Å². The monoisotopic (exact) mass is 451 g/mol. The van der Waals surface area contributed by atoms with Gasteiger partial charge in [-0.25, -0.2) is 4.79 Å². The number of carbonyl (C=O) groups is 1. The van der Waals surface area contributed by atoms with Gasteiger partial charge >= 0.3 is 5.97 Å². The van der Waals surface area contributed by atoms with Gasteiger partial charge in [-0.1, -0.05) is 17.7 Å². The first-order valence-corrected chi connectivity index (χ1v) is 10.7.